The Morgan fingerprint density at radius 1 is 1.25 bits per heavy atom. The number of anilines is 2. The van der Waals surface area contributed by atoms with Crippen molar-refractivity contribution in [2.45, 2.75) is 6.54 Å². The number of nitrogens with two attached hydrogens (primary N) is 1. The number of carbonyl (C=O) groups excluding carboxylic acids is 1. The van der Waals surface area contributed by atoms with Gasteiger partial charge in [-0.25, -0.2) is 0 Å². The number of para-hydroxylation sites is 2. The minimum absolute atomic E-state index is 0.233. The minimum Gasteiger partial charge on any atom is -0.376 e. The predicted molar refractivity (Wildman–Crippen MR) is 80.9 cm³/mol. The van der Waals surface area contributed by atoms with Gasteiger partial charge in [0, 0.05) is 26.8 Å². The van der Waals surface area contributed by atoms with Crippen LogP contribution < -0.4 is 16.0 Å². The Bertz CT molecular complexity index is 593. The van der Waals surface area contributed by atoms with Crippen molar-refractivity contribution in [1.82, 2.24) is 4.98 Å². The molecule has 0 saturated carbocycles. The van der Waals surface area contributed by atoms with Gasteiger partial charge in [-0.3, -0.25) is 9.78 Å². The van der Waals surface area contributed by atoms with Crippen LogP contribution in [-0.4, -0.2) is 25.0 Å². The van der Waals surface area contributed by atoms with Gasteiger partial charge in [0.25, 0.3) is 5.91 Å². The van der Waals surface area contributed by atoms with Crippen molar-refractivity contribution in [3.63, 3.8) is 0 Å². The Hall–Kier alpha value is -2.40. The number of aromatic nitrogens is 1. The first kappa shape index (κ1) is 14.0. The van der Waals surface area contributed by atoms with Gasteiger partial charge >= 0.3 is 0 Å². The van der Waals surface area contributed by atoms with E-state index in [-0.39, 0.29) is 5.91 Å². The summed E-state index contributed by atoms with van der Waals surface area (Å²) in [5, 5.41) is 2.87. The van der Waals surface area contributed by atoms with E-state index in [4.69, 9.17) is 5.73 Å². The molecule has 1 aromatic carbocycles. The Morgan fingerprint density at radius 2 is 2.00 bits per heavy atom. The van der Waals surface area contributed by atoms with Gasteiger partial charge in [-0.15, -0.1) is 0 Å². The van der Waals surface area contributed by atoms with Crippen LogP contribution in [0.2, 0.25) is 0 Å². The summed E-state index contributed by atoms with van der Waals surface area (Å²) in [7, 11) is 3.86. The highest BCUT2D eigenvalue weighted by molar-refractivity contribution is 6.04. The highest BCUT2D eigenvalue weighted by atomic mass is 16.1. The molecule has 20 heavy (non-hydrogen) atoms. The predicted octanol–water partition coefficient (Wildman–Crippen LogP) is 1.86. The summed E-state index contributed by atoms with van der Waals surface area (Å²) >= 11 is 0. The third-order valence-corrected chi connectivity index (χ3v) is 2.93. The normalized spacial score (nSPS) is 10.2. The van der Waals surface area contributed by atoms with E-state index in [1.165, 1.54) is 0 Å². The molecule has 104 valence electrons. The molecule has 1 aromatic heterocycles. The molecule has 2 rings (SSSR count). The second-order valence-electron chi connectivity index (χ2n) is 4.62. The molecule has 1 heterocycles. The summed E-state index contributed by atoms with van der Waals surface area (Å²) in [4.78, 5) is 18.2. The van der Waals surface area contributed by atoms with Crippen molar-refractivity contribution in [2.75, 3.05) is 24.3 Å². The van der Waals surface area contributed by atoms with E-state index in [1.807, 2.05) is 43.3 Å². The zero-order valence-corrected chi connectivity index (χ0v) is 11.6. The summed E-state index contributed by atoms with van der Waals surface area (Å²) in [6.45, 7) is 0.415. The molecule has 0 aliphatic carbocycles. The topological polar surface area (TPSA) is 71.2 Å². The third-order valence-electron chi connectivity index (χ3n) is 2.93. The van der Waals surface area contributed by atoms with E-state index < -0.39 is 0 Å². The van der Waals surface area contributed by atoms with Gasteiger partial charge < -0.3 is 16.0 Å². The number of hydrogen-bond donors (Lipinski definition) is 2. The summed E-state index contributed by atoms with van der Waals surface area (Å²) < 4.78 is 0. The monoisotopic (exact) mass is 270 g/mol. The number of amides is 1. The molecule has 0 atom stereocenters. The van der Waals surface area contributed by atoms with Crippen LogP contribution in [0.3, 0.4) is 0 Å². The molecule has 5 heteroatoms. The second-order valence-corrected chi connectivity index (χ2v) is 4.62. The van der Waals surface area contributed by atoms with Crippen LogP contribution in [0.4, 0.5) is 11.4 Å². The number of nitrogens with zero attached hydrogens (tertiary/aromatic N) is 2. The highest BCUT2D eigenvalue weighted by Crippen LogP contribution is 2.23. The van der Waals surface area contributed by atoms with E-state index in [2.05, 4.69) is 10.3 Å². The fraction of sp³-hybridized carbons (Fsp3) is 0.200. The number of pyridine rings is 1. The van der Waals surface area contributed by atoms with E-state index in [1.54, 1.807) is 18.3 Å². The number of carbonyl (C=O) groups is 1. The Morgan fingerprint density at radius 3 is 2.60 bits per heavy atom. The maximum Gasteiger partial charge on any atom is 0.274 e. The zero-order valence-electron chi connectivity index (χ0n) is 11.6. The number of benzene rings is 1. The van der Waals surface area contributed by atoms with Crippen LogP contribution in [-0.2, 0) is 6.54 Å². The molecule has 0 aliphatic heterocycles. The first-order valence-electron chi connectivity index (χ1n) is 6.34. The highest BCUT2D eigenvalue weighted by Gasteiger charge is 2.10. The Kier molecular flexibility index (Phi) is 4.32. The fourth-order valence-electron chi connectivity index (χ4n) is 1.84. The largest absolute Gasteiger partial charge is 0.376 e. The number of nitrogens with one attached hydrogen (secondary N) is 1. The molecule has 0 aliphatic rings. The van der Waals surface area contributed by atoms with Gasteiger partial charge in [-0.1, -0.05) is 18.2 Å². The average Bonchev–Trinajstić information content (AvgIpc) is 2.47. The number of rotatable bonds is 4. The minimum atomic E-state index is -0.233. The lowest BCUT2D eigenvalue weighted by molar-refractivity contribution is 0.102. The standard InChI is InChI=1S/C15H18N4O/c1-19(2)14-6-4-3-5-12(14)18-15(20)13-8-7-11(9-16)10-17-13/h3-8,10H,9,16H2,1-2H3,(H,18,20). The van der Waals surface area contributed by atoms with E-state index >= 15 is 0 Å². The van der Waals surface area contributed by atoms with Crippen LogP contribution in [0.25, 0.3) is 0 Å². The second kappa shape index (κ2) is 6.16. The lowest BCUT2D eigenvalue weighted by atomic mass is 10.2. The Balaban J connectivity index is 2.19. The molecule has 5 nitrogen and oxygen atoms in total. The fourth-order valence-corrected chi connectivity index (χ4v) is 1.84. The van der Waals surface area contributed by atoms with Crippen LogP contribution in [0.1, 0.15) is 16.1 Å². The molecule has 1 amide bonds. The molecule has 0 spiro atoms. The SMILES string of the molecule is CN(C)c1ccccc1NC(=O)c1ccc(CN)cn1. The van der Waals surface area contributed by atoms with Gasteiger partial charge in [0.2, 0.25) is 0 Å². The molecule has 0 saturated heterocycles. The first-order chi connectivity index (χ1) is 9.61. The lowest BCUT2D eigenvalue weighted by Crippen LogP contribution is -2.17. The molecule has 0 unspecified atom stereocenters. The molecular formula is C15H18N4O. The van der Waals surface area contributed by atoms with Gasteiger partial charge in [0.05, 0.1) is 11.4 Å². The van der Waals surface area contributed by atoms with Crippen LogP contribution in [0, 0.1) is 0 Å². The van der Waals surface area contributed by atoms with E-state index in [0.29, 0.717) is 12.2 Å². The van der Waals surface area contributed by atoms with E-state index in [0.717, 1.165) is 16.9 Å². The van der Waals surface area contributed by atoms with Crippen molar-refractivity contribution >= 4 is 17.3 Å². The lowest BCUT2D eigenvalue weighted by Gasteiger charge is -2.17. The molecule has 0 bridgehead atoms. The van der Waals surface area contributed by atoms with Gasteiger partial charge in [0.1, 0.15) is 5.69 Å². The van der Waals surface area contributed by atoms with Crippen LogP contribution in [0.5, 0.6) is 0 Å². The number of hydrogen-bond acceptors (Lipinski definition) is 4. The summed E-state index contributed by atoms with van der Waals surface area (Å²) in [5.74, 6) is -0.233. The van der Waals surface area contributed by atoms with Crippen LogP contribution >= 0.6 is 0 Å². The van der Waals surface area contributed by atoms with Gasteiger partial charge in [-0.2, -0.15) is 0 Å². The van der Waals surface area contributed by atoms with Gasteiger partial charge in [-0.05, 0) is 23.8 Å². The summed E-state index contributed by atoms with van der Waals surface area (Å²) in [6.07, 6.45) is 1.62. The van der Waals surface area contributed by atoms with Gasteiger partial charge in [0.15, 0.2) is 0 Å². The maximum absolute atomic E-state index is 12.2. The molecule has 3 N–H and O–H groups in total. The molecule has 2 aromatic rings. The van der Waals surface area contributed by atoms with E-state index in [9.17, 15) is 4.79 Å². The quantitative estimate of drug-likeness (QED) is 0.889. The van der Waals surface area contributed by atoms with Crippen molar-refractivity contribution in [3.05, 3.63) is 53.9 Å². The average molecular weight is 270 g/mol. The van der Waals surface area contributed by atoms with Crippen molar-refractivity contribution in [1.29, 1.82) is 0 Å². The van der Waals surface area contributed by atoms with Crippen LogP contribution in [0.15, 0.2) is 42.6 Å². The maximum atomic E-state index is 12.2. The Labute approximate surface area is 118 Å². The summed E-state index contributed by atoms with van der Waals surface area (Å²) in [6, 6.07) is 11.1. The molecule has 0 radical (unpaired) electrons. The molecule has 0 fully saturated rings. The first-order valence-corrected chi connectivity index (χ1v) is 6.34. The smallest absolute Gasteiger partial charge is 0.274 e. The zero-order chi connectivity index (χ0) is 14.5. The summed E-state index contributed by atoms with van der Waals surface area (Å²) in [5.41, 5.74) is 8.48. The molecular weight excluding hydrogens is 252 g/mol. The third kappa shape index (κ3) is 3.13. The van der Waals surface area contributed by atoms with Crippen molar-refractivity contribution in [2.24, 2.45) is 5.73 Å². The van der Waals surface area contributed by atoms with Crippen molar-refractivity contribution < 1.29 is 4.79 Å². The van der Waals surface area contributed by atoms with Crippen molar-refractivity contribution in [3.8, 4) is 0 Å².